The number of carbonyl (C=O) groups is 3. The molecule has 0 unspecified atom stereocenters. The molecule has 2 aromatic carbocycles. The van der Waals surface area contributed by atoms with Crippen molar-refractivity contribution in [3.63, 3.8) is 0 Å². The molecule has 0 saturated heterocycles. The molecule has 0 aliphatic carbocycles. The number of rotatable bonds is 9. The molecule has 0 saturated carbocycles. The van der Waals surface area contributed by atoms with Crippen LogP contribution in [0.4, 0.5) is 26.3 Å². The molecule has 2 aromatic rings. The lowest BCUT2D eigenvalue weighted by Gasteiger charge is -2.31. The zero-order chi connectivity index (χ0) is 32.4. The van der Waals surface area contributed by atoms with Crippen LogP contribution in [0.1, 0.15) is 53.7 Å². The topological polar surface area (TPSA) is 118 Å². The first kappa shape index (κ1) is 32.2. The number of nitrogens with zero attached hydrogens (tertiary/aromatic N) is 2. The molecule has 0 bridgehead atoms. The van der Waals surface area contributed by atoms with E-state index in [1.54, 1.807) is 0 Å². The number of benzene rings is 2. The molecule has 2 N–H and O–H groups in total. The van der Waals surface area contributed by atoms with Gasteiger partial charge in [-0.2, -0.15) is 26.3 Å². The fraction of sp³-hybridized carbons (Fsp3) is 0.345. The van der Waals surface area contributed by atoms with Crippen LogP contribution in [0.2, 0.25) is 0 Å². The zero-order valence-corrected chi connectivity index (χ0v) is 23.5. The molecule has 0 fully saturated rings. The molecule has 15 heteroatoms. The normalized spacial score (nSPS) is 17.6. The first-order valence-corrected chi connectivity index (χ1v) is 13.2. The van der Waals surface area contributed by atoms with E-state index in [0.717, 1.165) is 30.3 Å². The minimum absolute atomic E-state index is 0.0107. The van der Waals surface area contributed by atoms with Gasteiger partial charge in [-0.3, -0.25) is 4.79 Å². The van der Waals surface area contributed by atoms with Gasteiger partial charge in [-0.25, -0.2) is 9.59 Å². The molecule has 9 nitrogen and oxygen atoms in total. The van der Waals surface area contributed by atoms with Gasteiger partial charge in [-0.1, -0.05) is 30.3 Å². The van der Waals surface area contributed by atoms with E-state index in [1.807, 2.05) is 0 Å². The Kier molecular flexibility index (Phi) is 8.88. The van der Waals surface area contributed by atoms with Crippen molar-refractivity contribution in [3.8, 4) is 0 Å². The van der Waals surface area contributed by atoms with Gasteiger partial charge in [0.2, 0.25) is 0 Å². The summed E-state index contributed by atoms with van der Waals surface area (Å²) in [4.78, 5) is 38.8. The molecule has 2 heterocycles. The molecule has 1 atom stereocenters. The first-order valence-electron chi connectivity index (χ1n) is 13.2. The van der Waals surface area contributed by atoms with Crippen LogP contribution >= 0.6 is 0 Å². The van der Waals surface area contributed by atoms with E-state index in [-0.39, 0.29) is 52.4 Å². The Morgan fingerprint density at radius 1 is 0.886 bits per heavy atom. The van der Waals surface area contributed by atoms with Crippen molar-refractivity contribution in [1.82, 2.24) is 10.6 Å². The number of esters is 2. The van der Waals surface area contributed by atoms with Crippen molar-refractivity contribution in [2.75, 3.05) is 19.8 Å². The highest BCUT2D eigenvalue weighted by Gasteiger charge is 2.65. The molecular weight excluding hydrogens is 598 g/mol. The number of ether oxygens (including phenoxy) is 2. The second-order valence-electron chi connectivity index (χ2n) is 9.78. The monoisotopic (exact) mass is 624 g/mol. The summed E-state index contributed by atoms with van der Waals surface area (Å²) in [5.41, 5.74) is -4.39. The van der Waals surface area contributed by atoms with Crippen molar-refractivity contribution < 1.29 is 50.2 Å². The van der Waals surface area contributed by atoms with Gasteiger partial charge >= 0.3 is 30.0 Å². The maximum absolute atomic E-state index is 14.0. The summed E-state index contributed by atoms with van der Waals surface area (Å²) in [6, 6.07) is 9.00. The van der Waals surface area contributed by atoms with Gasteiger partial charge in [0.05, 0.1) is 35.8 Å². The minimum atomic E-state index is -4.81. The van der Waals surface area contributed by atoms with Crippen molar-refractivity contribution in [2.45, 2.75) is 44.7 Å². The van der Waals surface area contributed by atoms with E-state index in [9.17, 15) is 40.7 Å². The molecule has 234 valence electrons. The Morgan fingerprint density at radius 3 is 1.98 bits per heavy atom. The summed E-state index contributed by atoms with van der Waals surface area (Å²) in [7, 11) is 0. The molecule has 2 aliphatic heterocycles. The summed E-state index contributed by atoms with van der Waals surface area (Å²) in [6.07, 6.45) is -9.53. The molecule has 1 amide bonds. The first-order chi connectivity index (χ1) is 20.6. The molecule has 4 rings (SSSR count). The standard InChI is InChI=1S/C29H26F6N4O5/c1-4-43-25(41)21-15(2)37-16(3)22(23(21)19-7-5-6-8-20(19)28(30,31)32)26(42)44-14-13-36-24(40)17-9-11-18(12-10-17)27(38-39-27)29(33,34)35/h5-12,23,37H,4,13-14H2,1-3H3,(H,36,40)/t23-/m1/s1. The number of amides is 1. The van der Waals surface area contributed by atoms with Crippen LogP contribution in [0.3, 0.4) is 0 Å². The molecule has 0 aromatic heterocycles. The van der Waals surface area contributed by atoms with Gasteiger partial charge in [0, 0.05) is 22.5 Å². The second kappa shape index (κ2) is 12.1. The predicted octanol–water partition coefficient (Wildman–Crippen LogP) is 5.66. The lowest BCUT2D eigenvalue weighted by Crippen LogP contribution is -2.34. The maximum Gasteiger partial charge on any atom is 0.442 e. The lowest BCUT2D eigenvalue weighted by molar-refractivity contribution is -0.166. The zero-order valence-electron chi connectivity index (χ0n) is 23.5. The number of nitrogens with one attached hydrogen (secondary N) is 2. The van der Waals surface area contributed by atoms with Crippen LogP contribution in [0.25, 0.3) is 0 Å². The van der Waals surface area contributed by atoms with E-state index in [0.29, 0.717) is 0 Å². The van der Waals surface area contributed by atoms with E-state index < -0.39 is 53.9 Å². The summed E-state index contributed by atoms with van der Waals surface area (Å²) in [5.74, 6) is -4.13. The third-order valence-corrected chi connectivity index (χ3v) is 6.92. The van der Waals surface area contributed by atoms with Crippen LogP contribution in [0.5, 0.6) is 0 Å². The number of carbonyl (C=O) groups excluding carboxylic acids is 3. The Bertz CT molecular complexity index is 1560. The Balaban J connectivity index is 1.49. The van der Waals surface area contributed by atoms with E-state index in [4.69, 9.17) is 9.47 Å². The molecular formula is C29H26F6N4O5. The van der Waals surface area contributed by atoms with Gasteiger partial charge in [-0.15, -0.1) is 10.2 Å². The highest BCUT2D eigenvalue weighted by molar-refractivity contribution is 6.00. The van der Waals surface area contributed by atoms with Gasteiger partial charge in [-0.05, 0) is 44.5 Å². The number of hydrogen-bond acceptors (Lipinski definition) is 8. The quantitative estimate of drug-likeness (QED) is 0.211. The van der Waals surface area contributed by atoms with Crippen LogP contribution in [-0.2, 0) is 30.9 Å². The van der Waals surface area contributed by atoms with Crippen molar-refractivity contribution >= 4 is 17.8 Å². The van der Waals surface area contributed by atoms with Crippen molar-refractivity contribution in [1.29, 1.82) is 0 Å². The Hall–Kier alpha value is -4.69. The molecule has 0 radical (unpaired) electrons. The SMILES string of the molecule is CCOC(=O)C1=C(C)NC(C)=C(C(=O)OCCNC(=O)c2ccc(C3(C(F)(F)F)N=N3)cc2)[C@@H]1c1ccccc1C(F)(F)F. The number of allylic oxidation sites excluding steroid dienone is 2. The average molecular weight is 625 g/mol. The third kappa shape index (κ3) is 6.31. The van der Waals surface area contributed by atoms with Crippen molar-refractivity contribution in [2.24, 2.45) is 10.2 Å². The Morgan fingerprint density at radius 2 is 1.45 bits per heavy atom. The number of alkyl halides is 6. The molecule has 2 aliphatic rings. The van der Waals surface area contributed by atoms with Gasteiger partial charge in [0.1, 0.15) is 6.61 Å². The average Bonchev–Trinajstić information content (AvgIpc) is 3.77. The summed E-state index contributed by atoms with van der Waals surface area (Å²) in [6.45, 7) is 3.72. The van der Waals surface area contributed by atoms with Crippen LogP contribution in [-0.4, -0.2) is 43.8 Å². The van der Waals surface area contributed by atoms with Crippen LogP contribution in [0.15, 0.2) is 81.3 Å². The predicted molar refractivity (Wildman–Crippen MR) is 142 cm³/mol. The third-order valence-electron chi connectivity index (χ3n) is 6.92. The smallest absolute Gasteiger partial charge is 0.442 e. The number of dihydropyridines is 1. The molecule has 44 heavy (non-hydrogen) atoms. The number of hydrogen-bond donors (Lipinski definition) is 2. The van der Waals surface area contributed by atoms with Gasteiger partial charge in [0.25, 0.3) is 5.91 Å². The van der Waals surface area contributed by atoms with Crippen LogP contribution in [0, 0.1) is 0 Å². The summed E-state index contributed by atoms with van der Waals surface area (Å²) >= 11 is 0. The highest BCUT2D eigenvalue weighted by atomic mass is 19.4. The summed E-state index contributed by atoms with van der Waals surface area (Å²) in [5, 5.41) is 11.5. The fourth-order valence-electron chi connectivity index (χ4n) is 4.85. The van der Waals surface area contributed by atoms with Gasteiger partial charge in [0.15, 0.2) is 0 Å². The summed E-state index contributed by atoms with van der Waals surface area (Å²) < 4.78 is 92.0. The van der Waals surface area contributed by atoms with E-state index in [2.05, 4.69) is 20.9 Å². The Labute approximate surface area is 247 Å². The molecule has 0 spiro atoms. The largest absolute Gasteiger partial charge is 0.463 e. The second-order valence-corrected chi connectivity index (χ2v) is 9.78. The number of halogens is 6. The fourth-order valence-corrected chi connectivity index (χ4v) is 4.85. The van der Waals surface area contributed by atoms with E-state index >= 15 is 0 Å². The van der Waals surface area contributed by atoms with Crippen LogP contribution < -0.4 is 10.6 Å². The maximum atomic E-state index is 14.0. The van der Waals surface area contributed by atoms with E-state index in [1.165, 1.54) is 39.0 Å². The van der Waals surface area contributed by atoms with Gasteiger partial charge < -0.3 is 20.1 Å². The highest BCUT2D eigenvalue weighted by Crippen LogP contribution is 2.52. The lowest BCUT2D eigenvalue weighted by atomic mass is 9.78. The minimum Gasteiger partial charge on any atom is -0.463 e. The van der Waals surface area contributed by atoms with Crippen molar-refractivity contribution in [3.05, 3.63) is 93.3 Å².